The Morgan fingerprint density at radius 3 is 2.21 bits per heavy atom. The van der Waals surface area contributed by atoms with Gasteiger partial charge in [0.15, 0.2) is 0 Å². The standard InChI is InChI=1S/C18H26N4O2/c23-17(21-9-2-1-3-10-21)6-11-20-12-14-22(15-13-20)18(24)16-4-7-19-8-5-16/h4-5,7-8H,1-3,6,9-15H2. The molecule has 2 amide bonds. The van der Waals surface area contributed by atoms with E-state index in [1.807, 2.05) is 9.80 Å². The van der Waals surface area contributed by atoms with E-state index >= 15 is 0 Å². The number of hydrogen-bond donors (Lipinski definition) is 0. The summed E-state index contributed by atoms with van der Waals surface area (Å²) >= 11 is 0. The molecule has 2 fully saturated rings. The summed E-state index contributed by atoms with van der Waals surface area (Å²) in [5.41, 5.74) is 0.693. The Bertz CT molecular complexity index is 549. The molecule has 0 unspecified atom stereocenters. The van der Waals surface area contributed by atoms with Gasteiger partial charge in [0.25, 0.3) is 5.91 Å². The second-order valence-electron chi connectivity index (χ2n) is 6.56. The van der Waals surface area contributed by atoms with Crippen molar-refractivity contribution in [2.75, 3.05) is 45.8 Å². The van der Waals surface area contributed by atoms with E-state index in [2.05, 4.69) is 9.88 Å². The van der Waals surface area contributed by atoms with Gasteiger partial charge in [-0.3, -0.25) is 19.5 Å². The van der Waals surface area contributed by atoms with Crippen LogP contribution in [0.25, 0.3) is 0 Å². The van der Waals surface area contributed by atoms with E-state index in [4.69, 9.17) is 0 Å². The number of piperidine rings is 1. The summed E-state index contributed by atoms with van der Waals surface area (Å²) in [6, 6.07) is 3.51. The molecule has 1 aromatic heterocycles. The number of aromatic nitrogens is 1. The molecule has 0 radical (unpaired) electrons. The summed E-state index contributed by atoms with van der Waals surface area (Å²) in [6.07, 6.45) is 7.42. The normalized spacial score (nSPS) is 19.3. The summed E-state index contributed by atoms with van der Waals surface area (Å²) < 4.78 is 0. The maximum absolute atomic E-state index is 12.4. The average molecular weight is 330 g/mol. The predicted molar refractivity (Wildman–Crippen MR) is 91.6 cm³/mol. The van der Waals surface area contributed by atoms with Crippen LogP contribution in [0.2, 0.25) is 0 Å². The maximum Gasteiger partial charge on any atom is 0.254 e. The zero-order valence-electron chi connectivity index (χ0n) is 14.2. The molecule has 130 valence electrons. The number of carbonyl (C=O) groups excluding carboxylic acids is 2. The van der Waals surface area contributed by atoms with Gasteiger partial charge in [-0.1, -0.05) is 0 Å². The number of carbonyl (C=O) groups is 2. The van der Waals surface area contributed by atoms with Crippen molar-refractivity contribution in [1.29, 1.82) is 0 Å². The summed E-state index contributed by atoms with van der Waals surface area (Å²) in [4.78, 5) is 34.8. The van der Waals surface area contributed by atoms with Gasteiger partial charge >= 0.3 is 0 Å². The number of hydrogen-bond acceptors (Lipinski definition) is 4. The molecular formula is C18H26N4O2. The highest BCUT2D eigenvalue weighted by atomic mass is 16.2. The van der Waals surface area contributed by atoms with Crippen molar-refractivity contribution in [3.8, 4) is 0 Å². The number of likely N-dealkylation sites (tertiary alicyclic amines) is 1. The molecule has 2 saturated heterocycles. The molecule has 0 saturated carbocycles. The van der Waals surface area contributed by atoms with E-state index in [9.17, 15) is 9.59 Å². The molecule has 6 heteroatoms. The Balaban J connectivity index is 1.40. The minimum absolute atomic E-state index is 0.0708. The third-order valence-corrected chi connectivity index (χ3v) is 4.94. The zero-order valence-corrected chi connectivity index (χ0v) is 14.2. The third kappa shape index (κ3) is 4.32. The SMILES string of the molecule is O=C(CCN1CCN(C(=O)c2ccncc2)CC1)N1CCCCC1. The first-order chi connectivity index (χ1) is 11.7. The van der Waals surface area contributed by atoms with Gasteiger partial charge < -0.3 is 9.80 Å². The van der Waals surface area contributed by atoms with Crippen LogP contribution in [0.3, 0.4) is 0 Å². The van der Waals surface area contributed by atoms with E-state index in [0.717, 1.165) is 58.7 Å². The van der Waals surface area contributed by atoms with Crippen LogP contribution in [-0.2, 0) is 4.79 Å². The maximum atomic E-state index is 12.4. The molecule has 0 aliphatic carbocycles. The molecular weight excluding hydrogens is 304 g/mol. The molecule has 0 spiro atoms. The van der Waals surface area contributed by atoms with Gasteiger partial charge in [-0.15, -0.1) is 0 Å². The van der Waals surface area contributed by atoms with Gasteiger partial charge in [0.2, 0.25) is 5.91 Å². The second kappa shape index (κ2) is 8.24. The lowest BCUT2D eigenvalue weighted by Crippen LogP contribution is -2.49. The second-order valence-corrected chi connectivity index (χ2v) is 6.56. The van der Waals surface area contributed by atoms with Crippen LogP contribution in [-0.4, -0.2) is 77.3 Å². The van der Waals surface area contributed by atoms with Gasteiger partial charge in [0, 0.05) is 70.2 Å². The van der Waals surface area contributed by atoms with Crippen molar-refractivity contribution in [1.82, 2.24) is 19.7 Å². The Hall–Kier alpha value is -1.95. The first-order valence-electron chi connectivity index (χ1n) is 8.93. The number of piperazine rings is 1. The van der Waals surface area contributed by atoms with E-state index in [-0.39, 0.29) is 11.8 Å². The lowest BCUT2D eigenvalue weighted by atomic mass is 10.1. The molecule has 3 rings (SSSR count). The molecule has 6 nitrogen and oxygen atoms in total. The monoisotopic (exact) mass is 330 g/mol. The van der Waals surface area contributed by atoms with Gasteiger partial charge in [-0.05, 0) is 31.4 Å². The van der Waals surface area contributed by atoms with Crippen LogP contribution in [0.15, 0.2) is 24.5 Å². The van der Waals surface area contributed by atoms with Crippen molar-refractivity contribution in [3.05, 3.63) is 30.1 Å². The molecule has 0 N–H and O–H groups in total. The summed E-state index contributed by atoms with van der Waals surface area (Å²) in [6.45, 7) is 5.76. The highest BCUT2D eigenvalue weighted by Gasteiger charge is 2.23. The molecule has 0 bridgehead atoms. The number of rotatable bonds is 4. The quantitative estimate of drug-likeness (QED) is 0.833. The first-order valence-corrected chi connectivity index (χ1v) is 8.93. The van der Waals surface area contributed by atoms with Crippen LogP contribution in [0.1, 0.15) is 36.0 Å². The molecule has 3 heterocycles. The largest absolute Gasteiger partial charge is 0.343 e. The fourth-order valence-corrected chi connectivity index (χ4v) is 3.41. The Morgan fingerprint density at radius 2 is 1.54 bits per heavy atom. The Kier molecular flexibility index (Phi) is 5.80. The Labute approximate surface area is 143 Å². The fraction of sp³-hybridized carbons (Fsp3) is 0.611. The average Bonchev–Trinajstić information content (AvgIpc) is 2.67. The van der Waals surface area contributed by atoms with Crippen molar-refractivity contribution < 1.29 is 9.59 Å². The first kappa shape index (κ1) is 16.9. The fourth-order valence-electron chi connectivity index (χ4n) is 3.41. The number of amides is 2. The zero-order chi connectivity index (χ0) is 16.8. The van der Waals surface area contributed by atoms with Crippen LogP contribution in [0, 0.1) is 0 Å². The van der Waals surface area contributed by atoms with Crippen LogP contribution in [0.4, 0.5) is 0 Å². The van der Waals surface area contributed by atoms with Gasteiger partial charge in [0.05, 0.1) is 0 Å². The summed E-state index contributed by atoms with van der Waals surface area (Å²) in [5, 5.41) is 0. The van der Waals surface area contributed by atoms with Gasteiger partial charge in [0.1, 0.15) is 0 Å². The molecule has 1 aromatic rings. The van der Waals surface area contributed by atoms with Crippen LogP contribution >= 0.6 is 0 Å². The lowest BCUT2D eigenvalue weighted by Gasteiger charge is -2.35. The number of pyridine rings is 1. The van der Waals surface area contributed by atoms with Gasteiger partial charge in [-0.2, -0.15) is 0 Å². The highest BCUT2D eigenvalue weighted by molar-refractivity contribution is 5.94. The topological polar surface area (TPSA) is 56.8 Å². The van der Waals surface area contributed by atoms with E-state index in [0.29, 0.717) is 12.0 Å². The third-order valence-electron chi connectivity index (χ3n) is 4.94. The van der Waals surface area contributed by atoms with E-state index in [1.165, 1.54) is 6.42 Å². The number of nitrogens with zero attached hydrogens (tertiary/aromatic N) is 4. The van der Waals surface area contributed by atoms with Crippen molar-refractivity contribution in [3.63, 3.8) is 0 Å². The highest BCUT2D eigenvalue weighted by Crippen LogP contribution is 2.12. The van der Waals surface area contributed by atoms with Crippen molar-refractivity contribution >= 4 is 11.8 Å². The van der Waals surface area contributed by atoms with Crippen molar-refractivity contribution in [2.45, 2.75) is 25.7 Å². The van der Waals surface area contributed by atoms with Crippen molar-refractivity contribution in [2.24, 2.45) is 0 Å². The molecule has 2 aliphatic heterocycles. The van der Waals surface area contributed by atoms with Gasteiger partial charge in [-0.25, -0.2) is 0 Å². The predicted octanol–water partition coefficient (Wildman–Crippen LogP) is 1.24. The van der Waals surface area contributed by atoms with E-state index in [1.54, 1.807) is 24.5 Å². The summed E-state index contributed by atoms with van der Waals surface area (Å²) in [5.74, 6) is 0.353. The summed E-state index contributed by atoms with van der Waals surface area (Å²) in [7, 11) is 0. The lowest BCUT2D eigenvalue weighted by molar-refractivity contribution is -0.132. The minimum atomic E-state index is 0.0708. The van der Waals surface area contributed by atoms with Crippen LogP contribution in [0.5, 0.6) is 0 Å². The molecule has 24 heavy (non-hydrogen) atoms. The Morgan fingerprint density at radius 1 is 0.875 bits per heavy atom. The smallest absolute Gasteiger partial charge is 0.254 e. The molecule has 2 aliphatic rings. The van der Waals surface area contributed by atoms with E-state index < -0.39 is 0 Å². The van der Waals surface area contributed by atoms with Crippen LogP contribution < -0.4 is 0 Å². The molecule has 0 atom stereocenters. The minimum Gasteiger partial charge on any atom is -0.343 e. The molecule has 0 aromatic carbocycles.